The van der Waals surface area contributed by atoms with Crippen LogP contribution in [0, 0.1) is 0 Å². The van der Waals surface area contributed by atoms with Crippen molar-refractivity contribution in [2.24, 2.45) is 0 Å². The molecule has 17 heteroatoms. The van der Waals surface area contributed by atoms with Crippen LogP contribution in [-0.2, 0) is 33.2 Å². The zero-order valence-electron chi connectivity index (χ0n) is 23.9. The number of carbonyl (C=O) groups is 1. The van der Waals surface area contributed by atoms with Gasteiger partial charge in [-0.2, -0.15) is 12.6 Å². The second-order valence-electron chi connectivity index (χ2n) is 11.0. The number of ketones is 1. The first-order valence-electron chi connectivity index (χ1n) is 14.4. The summed E-state index contributed by atoms with van der Waals surface area (Å²) >= 11 is 4.10. The lowest BCUT2D eigenvalue weighted by Crippen LogP contribution is -2.67. The van der Waals surface area contributed by atoms with Crippen molar-refractivity contribution in [1.82, 2.24) is 0 Å². The number of carbonyl (C=O) groups excluding carboxylic acids is 1. The minimum atomic E-state index is -1.85. The molecular formula is C26H46O16S. The fourth-order valence-corrected chi connectivity index (χ4v) is 5.27. The lowest BCUT2D eigenvalue weighted by molar-refractivity contribution is -0.390. The van der Waals surface area contributed by atoms with Crippen LogP contribution in [0.2, 0.25) is 0 Å². The molecule has 16 nitrogen and oxygen atoms in total. The maximum absolute atomic E-state index is 12.0. The number of unbranched alkanes of at least 4 members (excludes halogenated alkanes) is 1. The molecule has 0 amide bonds. The molecule has 3 aliphatic heterocycles. The van der Waals surface area contributed by atoms with Crippen molar-refractivity contribution < 1.29 is 79.2 Å². The Balaban J connectivity index is 1.81. The number of aliphatic hydroxyl groups is 9. The first kappa shape index (κ1) is 36.9. The number of hydrogen-bond donors (Lipinski definition) is 10. The summed E-state index contributed by atoms with van der Waals surface area (Å²) in [7, 11) is 0. The van der Waals surface area contributed by atoms with Crippen LogP contribution < -0.4 is 0 Å². The van der Waals surface area contributed by atoms with Crippen LogP contribution in [0.4, 0.5) is 0 Å². The Bertz CT molecular complexity index is 839. The molecule has 252 valence electrons. The van der Waals surface area contributed by atoms with E-state index in [9.17, 15) is 50.8 Å². The predicted molar refractivity (Wildman–Crippen MR) is 146 cm³/mol. The van der Waals surface area contributed by atoms with Gasteiger partial charge in [-0.15, -0.1) is 0 Å². The summed E-state index contributed by atoms with van der Waals surface area (Å²) in [6.45, 7) is -0.00928. The third-order valence-corrected chi connectivity index (χ3v) is 8.10. The standard InChI is InChI=1S/C26H46O16S/c1-11-15(30)18(33)20(35)24(38-11)42-23-22(41-25-21(36)19(34)16(31)13(9-27)39-25)17(32)14(10-28)40-26(23)37-7-3-2-5-12(29)6-4-8-43/h11,13-28,30-36,43H,2-10H2,1H3/t11?,13?,14?,15-,16+,17+,18+,19+,20?,21?,22+,23?,24+,25-,26-/m1/s1. The molecule has 15 atom stereocenters. The minimum absolute atomic E-state index is 0.0250. The number of aliphatic hydroxyl groups excluding tert-OH is 9. The Morgan fingerprint density at radius 1 is 0.651 bits per heavy atom. The van der Waals surface area contributed by atoms with E-state index in [-0.39, 0.29) is 12.4 Å². The van der Waals surface area contributed by atoms with Gasteiger partial charge in [-0.3, -0.25) is 4.79 Å². The van der Waals surface area contributed by atoms with Gasteiger partial charge in [-0.25, -0.2) is 0 Å². The Morgan fingerprint density at radius 3 is 1.81 bits per heavy atom. The molecule has 0 saturated carbocycles. The van der Waals surface area contributed by atoms with Crippen LogP contribution in [0.1, 0.15) is 39.0 Å². The predicted octanol–water partition coefficient (Wildman–Crippen LogP) is -4.07. The van der Waals surface area contributed by atoms with E-state index in [1.54, 1.807) is 0 Å². The summed E-state index contributed by atoms with van der Waals surface area (Å²) in [5, 5.41) is 92.4. The van der Waals surface area contributed by atoms with E-state index < -0.39 is 105 Å². The number of rotatable bonds is 15. The van der Waals surface area contributed by atoms with Crippen LogP contribution >= 0.6 is 12.6 Å². The molecule has 0 aromatic rings. The molecule has 43 heavy (non-hydrogen) atoms. The quantitative estimate of drug-likeness (QED) is 0.0600. The van der Waals surface area contributed by atoms with Crippen molar-refractivity contribution in [2.75, 3.05) is 25.6 Å². The van der Waals surface area contributed by atoms with Crippen molar-refractivity contribution in [1.29, 1.82) is 0 Å². The lowest BCUT2D eigenvalue weighted by atomic mass is 9.96. The highest BCUT2D eigenvalue weighted by molar-refractivity contribution is 7.80. The van der Waals surface area contributed by atoms with Crippen molar-refractivity contribution in [3.63, 3.8) is 0 Å². The summed E-state index contributed by atoms with van der Waals surface area (Å²) < 4.78 is 34.3. The molecule has 9 N–H and O–H groups in total. The molecule has 0 spiro atoms. The zero-order valence-corrected chi connectivity index (χ0v) is 24.7. The second kappa shape index (κ2) is 17.4. The van der Waals surface area contributed by atoms with Gasteiger partial charge in [0.1, 0.15) is 72.9 Å². The molecule has 0 aromatic carbocycles. The third-order valence-electron chi connectivity index (χ3n) is 7.78. The molecule has 6 unspecified atom stereocenters. The smallest absolute Gasteiger partial charge is 0.187 e. The third kappa shape index (κ3) is 9.25. The molecule has 3 saturated heterocycles. The fraction of sp³-hybridized carbons (Fsp3) is 0.962. The number of Topliss-reactive ketones (excluding diaryl/α,β-unsaturated/α-hetero) is 1. The summed E-state index contributed by atoms with van der Waals surface area (Å²) in [4.78, 5) is 12.0. The number of thiol groups is 1. The highest BCUT2D eigenvalue weighted by Gasteiger charge is 2.54. The molecule has 3 rings (SSSR count). The van der Waals surface area contributed by atoms with E-state index >= 15 is 0 Å². The monoisotopic (exact) mass is 646 g/mol. The van der Waals surface area contributed by atoms with E-state index in [0.29, 0.717) is 37.9 Å². The Labute approximate surface area is 254 Å². The molecule has 3 fully saturated rings. The highest BCUT2D eigenvalue weighted by atomic mass is 32.1. The van der Waals surface area contributed by atoms with Gasteiger partial charge >= 0.3 is 0 Å². The molecule has 3 aliphatic rings. The van der Waals surface area contributed by atoms with Crippen LogP contribution in [0.5, 0.6) is 0 Å². The SMILES string of the molecule is CC1O[C@@H](OC2[C@H](OCCCCC(=O)CCCS)OC(CO)[C@H](O)[C@@H]2O[C@H]2OC(CO)[C@H](O)[C@H](O)C2O)C(O)[C@@H](O)[C@@H]1O. The molecule has 0 aromatic heterocycles. The van der Waals surface area contributed by atoms with Crippen LogP contribution in [-0.4, -0.2) is 169 Å². The van der Waals surface area contributed by atoms with E-state index in [1.807, 2.05) is 0 Å². The summed E-state index contributed by atoms with van der Waals surface area (Å²) in [5.41, 5.74) is 0. The Morgan fingerprint density at radius 2 is 1.19 bits per heavy atom. The van der Waals surface area contributed by atoms with Gasteiger partial charge < -0.3 is 74.4 Å². The zero-order chi connectivity index (χ0) is 31.8. The maximum Gasteiger partial charge on any atom is 0.187 e. The van der Waals surface area contributed by atoms with Crippen molar-refractivity contribution in [2.45, 2.75) is 131 Å². The maximum atomic E-state index is 12.0. The van der Waals surface area contributed by atoms with Crippen LogP contribution in [0.3, 0.4) is 0 Å². The summed E-state index contributed by atoms with van der Waals surface area (Å²) in [5.74, 6) is 0.687. The summed E-state index contributed by atoms with van der Waals surface area (Å²) in [6.07, 6.45) is -21.0. The lowest BCUT2D eigenvalue weighted by Gasteiger charge is -2.48. The molecular weight excluding hydrogens is 600 g/mol. The van der Waals surface area contributed by atoms with Gasteiger partial charge in [0.25, 0.3) is 0 Å². The van der Waals surface area contributed by atoms with Gasteiger partial charge in [0, 0.05) is 19.4 Å². The molecule has 0 aliphatic carbocycles. The average molecular weight is 647 g/mol. The highest BCUT2D eigenvalue weighted by Crippen LogP contribution is 2.33. The fourth-order valence-electron chi connectivity index (χ4n) is 5.12. The van der Waals surface area contributed by atoms with E-state index in [0.717, 1.165) is 0 Å². The minimum Gasteiger partial charge on any atom is -0.394 e. The van der Waals surface area contributed by atoms with Crippen molar-refractivity contribution in [3.8, 4) is 0 Å². The Kier molecular flexibility index (Phi) is 14.9. The average Bonchev–Trinajstić information content (AvgIpc) is 2.99. The number of ether oxygens (including phenoxy) is 6. The van der Waals surface area contributed by atoms with Crippen LogP contribution in [0.25, 0.3) is 0 Å². The van der Waals surface area contributed by atoms with E-state index in [1.165, 1.54) is 6.92 Å². The molecule has 0 radical (unpaired) electrons. The second-order valence-corrected chi connectivity index (χ2v) is 11.4. The van der Waals surface area contributed by atoms with Gasteiger partial charge in [0.05, 0.1) is 19.3 Å². The van der Waals surface area contributed by atoms with E-state index in [2.05, 4.69) is 12.6 Å². The normalized spacial score (nSPS) is 43.9. The van der Waals surface area contributed by atoms with Gasteiger partial charge in [-0.1, -0.05) is 0 Å². The van der Waals surface area contributed by atoms with Gasteiger partial charge in [0.2, 0.25) is 0 Å². The Hall–Kier alpha value is -0.580. The molecule has 0 bridgehead atoms. The van der Waals surface area contributed by atoms with Crippen molar-refractivity contribution in [3.05, 3.63) is 0 Å². The summed E-state index contributed by atoms with van der Waals surface area (Å²) in [6, 6.07) is 0. The first-order chi connectivity index (χ1) is 20.4. The van der Waals surface area contributed by atoms with E-state index in [4.69, 9.17) is 28.4 Å². The molecule has 3 heterocycles. The first-order valence-corrected chi connectivity index (χ1v) is 15.1. The van der Waals surface area contributed by atoms with Gasteiger partial charge in [-0.05, 0) is 31.9 Å². The number of hydrogen-bond acceptors (Lipinski definition) is 17. The van der Waals surface area contributed by atoms with Crippen molar-refractivity contribution >= 4 is 18.4 Å². The van der Waals surface area contributed by atoms with Gasteiger partial charge in [0.15, 0.2) is 18.9 Å². The topological polar surface area (TPSA) is 255 Å². The van der Waals surface area contributed by atoms with Crippen LogP contribution in [0.15, 0.2) is 0 Å². The largest absolute Gasteiger partial charge is 0.394 e.